The van der Waals surface area contributed by atoms with Crippen LogP contribution < -0.4 is 5.32 Å². The van der Waals surface area contributed by atoms with Crippen molar-refractivity contribution >= 4 is 28.5 Å². The number of amides is 1. The lowest BCUT2D eigenvalue weighted by molar-refractivity contribution is 0.0600. The number of benzene rings is 2. The van der Waals surface area contributed by atoms with Gasteiger partial charge in [0.2, 0.25) is 0 Å². The minimum Gasteiger partial charge on any atom is -0.465 e. The number of ether oxygens (including phenoxy) is 1. The second-order valence-corrected chi connectivity index (χ2v) is 4.77. The SMILES string of the molecule is COC(=O)c1cccc(C(=O)Nc2cccc3[nH]ccc23)c1. The van der Waals surface area contributed by atoms with Gasteiger partial charge in [0.25, 0.3) is 5.91 Å². The maximum absolute atomic E-state index is 12.4. The zero-order valence-electron chi connectivity index (χ0n) is 11.9. The lowest BCUT2D eigenvalue weighted by Crippen LogP contribution is -2.13. The largest absolute Gasteiger partial charge is 0.465 e. The minimum atomic E-state index is -0.470. The van der Waals surface area contributed by atoms with Crippen LogP contribution in [0.3, 0.4) is 0 Å². The molecule has 3 rings (SSSR count). The summed E-state index contributed by atoms with van der Waals surface area (Å²) in [6, 6.07) is 13.9. The summed E-state index contributed by atoms with van der Waals surface area (Å²) in [5, 5.41) is 3.79. The Morgan fingerprint density at radius 2 is 1.82 bits per heavy atom. The molecule has 2 N–H and O–H groups in total. The average molecular weight is 294 g/mol. The third-order valence-corrected chi connectivity index (χ3v) is 3.39. The Labute approximate surface area is 126 Å². The third-order valence-electron chi connectivity index (χ3n) is 3.39. The van der Waals surface area contributed by atoms with Crippen molar-refractivity contribution in [2.75, 3.05) is 12.4 Å². The molecule has 3 aromatic rings. The molecule has 2 aromatic carbocycles. The topological polar surface area (TPSA) is 71.2 Å². The summed E-state index contributed by atoms with van der Waals surface area (Å²) in [5.41, 5.74) is 2.40. The molecular weight excluding hydrogens is 280 g/mol. The molecule has 1 heterocycles. The first-order valence-electron chi connectivity index (χ1n) is 6.75. The second-order valence-electron chi connectivity index (χ2n) is 4.77. The van der Waals surface area contributed by atoms with E-state index >= 15 is 0 Å². The number of anilines is 1. The van der Waals surface area contributed by atoms with Crippen molar-refractivity contribution in [1.82, 2.24) is 4.98 Å². The highest BCUT2D eigenvalue weighted by molar-refractivity contribution is 6.09. The molecule has 0 atom stereocenters. The first kappa shape index (κ1) is 13.9. The van der Waals surface area contributed by atoms with E-state index in [9.17, 15) is 9.59 Å². The Kier molecular flexibility index (Phi) is 3.62. The Balaban J connectivity index is 1.89. The van der Waals surface area contributed by atoms with Gasteiger partial charge in [0.05, 0.1) is 18.4 Å². The zero-order chi connectivity index (χ0) is 15.5. The number of aromatic amines is 1. The molecule has 0 aliphatic rings. The van der Waals surface area contributed by atoms with E-state index in [1.165, 1.54) is 13.2 Å². The lowest BCUT2D eigenvalue weighted by atomic mass is 10.1. The molecule has 1 amide bonds. The number of rotatable bonds is 3. The summed E-state index contributed by atoms with van der Waals surface area (Å²) in [6.07, 6.45) is 1.82. The summed E-state index contributed by atoms with van der Waals surface area (Å²) in [4.78, 5) is 27.0. The van der Waals surface area contributed by atoms with E-state index in [1.807, 2.05) is 30.5 Å². The quantitative estimate of drug-likeness (QED) is 0.729. The first-order chi connectivity index (χ1) is 10.7. The molecule has 5 heteroatoms. The monoisotopic (exact) mass is 294 g/mol. The van der Waals surface area contributed by atoms with Crippen molar-refractivity contribution in [2.45, 2.75) is 0 Å². The number of esters is 1. The van der Waals surface area contributed by atoms with Crippen molar-refractivity contribution in [2.24, 2.45) is 0 Å². The van der Waals surface area contributed by atoms with Crippen LogP contribution >= 0.6 is 0 Å². The van der Waals surface area contributed by atoms with Gasteiger partial charge >= 0.3 is 5.97 Å². The maximum atomic E-state index is 12.4. The highest BCUT2D eigenvalue weighted by Crippen LogP contribution is 2.22. The molecule has 0 unspecified atom stereocenters. The molecule has 0 fully saturated rings. The summed E-state index contributed by atoms with van der Waals surface area (Å²) in [7, 11) is 1.31. The fourth-order valence-electron chi connectivity index (χ4n) is 2.29. The van der Waals surface area contributed by atoms with E-state index in [-0.39, 0.29) is 5.91 Å². The smallest absolute Gasteiger partial charge is 0.337 e. The lowest BCUT2D eigenvalue weighted by Gasteiger charge is -2.07. The number of aromatic nitrogens is 1. The normalized spacial score (nSPS) is 10.4. The van der Waals surface area contributed by atoms with Crippen LogP contribution in [0.2, 0.25) is 0 Å². The van der Waals surface area contributed by atoms with Crippen LogP contribution in [0.4, 0.5) is 5.69 Å². The van der Waals surface area contributed by atoms with Crippen molar-refractivity contribution in [3.05, 3.63) is 65.9 Å². The Morgan fingerprint density at radius 3 is 2.64 bits per heavy atom. The number of methoxy groups -OCH3 is 1. The van der Waals surface area contributed by atoms with Gasteiger partial charge in [0, 0.05) is 22.7 Å². The zero-order valence-corrected chi connectivity index (χ0v) is 11.9. The molecule has 0 saturated heterocycles. The average Bonchev–Trinajstić information content (AvgIpc) is 3.04. The van der Waals surface area contributed by atoms with Crippen LogP contribution in [0.1, 0.15) is 20.7 Å². The number of hydrogen-bond donors (Lipinski definition) is 2. The van der Waals surface area contributed by atoms with E-state index in [1.54, 1.807) is 18.2 Å². The minimum absolute atomic E-state index is 0.278. The molecule has 0 bridgehead atoms. The number of hydrogen-bond acceptors (Lipinski definition) is 3. The molecule has 1 aromatic heterocycles. The molecule has 0 radical (unpaired) electrons. The number of nitrogens with one attached hydrogen (secondary N) is 2. The fraction of sp³-hybridized carbons (Fsp3) is 0.0588. The number of H-pyrrole nitrogens is 1. The summed E-state index contributed by atoms with van der Waals surface area (Å²) in [6.45, 7) is 0. The Bertz CT molecular complexity index is 852. The van der Waals surface area contributed by atoms with Gasteiger partial charge in [-0.3, -0.25) is 4.79 Å². The van der Waals surface area contributed by atoms with E-state index < -0.39 is 5.97 Å². The van der Waals surface area contributed by atoms with Crippen LogP contribution in [0, 0.1) is 0 Å². The molecule has 0 saturated carbocycles. The predicted molar refractivity (Wildman–Crippen MR) is 84.0 cm³/mol. The van der Waals surface area contributed by atoms with Gasteiger partial charge in [-0.15, -0.1) is 0 Å². The van der Waals surface area contributed by atoms with Crippen molar-refractivity contribution < 1.29 is 14.3 Å². The Hall–Kier alpha value is -3.08. The number of carbonyl (C=O) groups is 2. The second kappa shape index (κ2) is 5.73. The summed E-state index contributed by atoms with van der Waals surface area (Å²) in [5.74, 6) is -0.748. The Morgan fingerprint density at radius 1 is 1.05 bits per heavy atom. The van der Waals surface area contributed by atoms with Crippen LogP contribution in [0.25, 0.3) is 10.9 Å². The number of carbonyl (C=O) groups excluding carboxylic acids is 2. The molecule has 5 nitrogen and oxygen atoms in total. The van der Waals surface area contributed by atoms with Crippen molar-refractivity contribution in [1.29, 1.82) is 0 Å². The standard InChI is InChI=1S/C17H14N2O3/c1-22-17(21)12-5-2-4-11(10-12)16(20)19-15-7-3-6-14-13(15)8-9-18-14/h2-10,18H,1H3,(H,19,20). The van der Waals surface area contributed by atoms with Crippen LogP contribution in [0.5, 0.6) is 0 Å². The van der Waals surface area contributed by atoms with Gasteiger partial charge in [-0.25, -0.2) is 4.79 Å². The first-order valence-corrected chi connectivity index (χ1v) is 6.75. The molecular formula is C17H14N2O3. The van der Waals surface area contributed by atoms with Gasteiger partial charge in [-0.2, -0.15) is 0 Å². The van der Waals surface area contributed by atoms with E-state index in [0.29, 0.717) is 16.8 Å². The van der Waals surface area contributed by atoms with Gasteiger partial charge < -0.3 is 15.0 Å². The fourth-order valence-corrected chi connectivity index (χ4v) is 2.29. The van der Waals surface area contributed by atoms with Crippen molar-refractivity contribution in [3.8, 4) is 0 Å². The molecule has 0 aliphatic carbocycles. The van der Waals surface area contributed by atoms with E-state index in [2.05, 4.69) is 15.0 Å². The highest BCUT2D eigenvalue weighted by atomic mass is 16.5. The van der Waals surface area contributed by atoms with Crippen LogP contribution in [-0.4, -0.2) is 24.0 Å². The number of fused-ring (bicyclic) bond motifs is 1. The van der Waals surface area contributed by atoms with E-state index in [4.69, 9.17) is 0 Å². The van der Waals surface area contributed by atoms with Gasteiger partial charge in [-0.1, -0.05) is 12.1 Å². The molecule has 22 heavy (non-hydrogen) atoms. The highest BCUT2D eigenvalue weighted by Gasteiger charge is 2.12. The van der Waals surface area contributed by atoms with Crippen molar-refractivity contribution in [3.63, 3.8) is 0 Å². The molecule has 0 spiro atoms. The predicted octanol–water partition coefficient (Wildman–Crippen LogP) is 3.21. The molecule has 0 aliphatic heterocycles. The van der Waals surface area contributed by atoms with Crippen LogP contribution in [0.15, 0.2) is 54.7 Å². The summed E-state index contributed by atoms with van der Waals surface area (Å²) >= 11 is 0. The third kappa shape index (κ3) is 2.56. The van der Waals surface area contributed by atoms with Gasteiger partial charge in [-0.05, 0) is 36.4 Å². The van der Waals surface area contributed by atoms with Gasteiger partial charge in [0.15, 0.2) is 0 Å². The maximum Gasteiger partial charge on any atom is 0.337 e. The summed E-state index contributed by atoms with van der Waals surface area (Å²) < 4.78 is 4.66. The van der Waals surface area contributed by atoms with E-state index in [0.717, 1.165) is 10.9 Å². The van der Waals surface area contributed by atoms with Crippen LogP contribution in [-0.2, 0) is 4.74 Å². The van der Waals surface area contributed by atoms with Gasteiger partial charge in [0.1, 0.15) is 0 Å². The molecule has 110 valence electrons.